The summed E-state index contributed by atoms with van der Waals surface area (Å²) in [6.45, 7) is 1.58. The van der Waals surface area contributed by atoms with E-state index < -0.39 is 6.09 Å². The van der Waals surface area contributed by atoms with Gasteiger partial charge in [-0.15, -0.1) is 0 Å². The lowest BCUT2D eigenvalue weighted by Crippen LogP contribution is -2.32. The number of hydrogen-bond donors (Lipinski definition) is 2. The summed E-state index contributed by atoms with van der Waals surface area (Å²) in [4.78, 5) is 10.4. The van der Waals surface area contributed by atoms with E-state index in [2.05, 4.69) is 11.4 Å². The van der Waals surface area contributed by atoms with E-state index >= 15 is 0 Å². The molecule has 0 saturated carbocycles. The SMILES string of the molecule is O=C(O)NCCCC1OCC(c2ccc(Cl)c3ccccc23)CO1. The van der Waals surface area contributed by atoms with E-state index in [0.29, 0.717) is 32.6 Å². The van der Waals surface area contributed by atoms with Gasteiger partial charge >= 0.3 is 6.09 Å². The van der Waals surface area contributed by atoms with Gasteiger partial charge < -0.3 is 19.9 Å². The molecule has 2 aromatic rings. The van der Waals surface area contributed by atoms with Crippen LogP contribution in [0.4, 0.5) is 4.79 Å². The molecule has 1 aliphatic heterocycles. The van der Waals surface area contributed by atoms with Gasteiger partial charge in [0.05, 0.1) is 13.2 Å². The lowest BCUT2D eigenvalue weighted by Gasteiger charge is -2.30. The highest BCUT2D eigenvalue weighted by atomic mass is 35.5. The fourth-order valence-electron chi connectivity index (χ4n) is 3.00. The van der Waals surface area contributed by atoms with Crippen molar-refractivity contribution in [2.45, 2.75) is 25.0 Å². The molecule has 0 aliphatic carbocycles. The van der Waals surface area contributed by atoms with E-state index in [4.69, 9.17) is 26.2 Å². The molecule has 1 saturated heterocycles. The van der Waals surface area contributed by atoms with Crippen LogP contribution in [0, 0.1) is 0 Å². The van der Waals surface area contributed by atoms with Crippen LogP contribution in [0.5, 0.6) is 0 Å². The van der Waals surface area contributed by atoms with E-state index in [-0.39, 0.29) is 12.2 Å². The van der Waals surface area contributed by atoms with Crippen LogP contribution >= 0.6 is 11.6 Å². The summed E-state index contributed by atoms with van der Waals surface area (Å²) in [5.41, 5.74) is 1.18. The van der Waals surface area contributed by atoms with Gasteiger partial charge in [-0.2, -0.15) is 0 Å². The summed E-state index contributed by atoms with van der Waals surface area (Å²) in [5.74, 6) is 0.167. The van der Waals surface area contributed by atoms with E-state index in [1.165, 1.54) is 5.56 Å². The quantitative estimate of drug-likeness (QED) is 0.801. The number of halogens is 1. The van der Waals surface area contributed by atoms with Crippen molar-refractivity contribution in [1.82, 2.24) is 5.32 Å². The number of rotatable bonds is 5. The summed E-state index contributed by atoms with van der Waals surface area (Å²) in [6.07, 6.45) is 0.0884. The van der Waals surface area contributed by atoms with Crippen LogP contribution in [0.25, 0.3) is 10.8 Å². The first-order chi connectivity index (χ1) is 11.6. The molecule has 0 radical (unpaired) electrons. The maximum atomic E-state index is 10.4. The average Bonchev–Trinajstić information content (AvgIpc) is 2.60. The maximum Gasteiger partial charge on any atom is 0.404 e. The molecule has 24 heavy (non-hydrogen) atoms. The topological polar surface area (TPSA) is 67.8 Å². The summed E-state index contributed by atoms with van der Waals surface area (Å²) >= 11 is 6.27. The number of ether oxygens (including phenoxy) is 2. The van der Waals surface area contributed by atoms with Gasteiger partial charge in [-0.1, -0.05) is 41.9 Å². The number of carbonyl (C=O) groups is 1. The molecule has 2 N–H and O–H groups in total. The smallest absolute Gasteiger partial charge is 0.404 e. The maximum absolute atomic E-state index is 10.4. The number of carboxylic acid groups (broad SMARTS) is 1. The van der Waals surface area contributed by atoms with E-state index in [1.54, 1.807) is 0 Å². The lowest BCUT2D eigenvalue weighted by molar-refractivity contribution is -0.189. The normalized spacial score (nSPS) is 20.9. The standard InChI is InChI=1S/C18H20ClNO4/c19-16-8-7-13(14-4-1-2-5-15(14)16)12-10-23-17(24-11-12)6-3-9-20-18(21)22/h1-2,4-5,7-8,12,17,20H,3,6,9-11H2,(H,21,22). The van der Waals surface area contributed by atoms with Crippen molar-refractivity contribution < 1.29 is 19.4 Å². The Morgan fingerprint density at radius 2 is 1.88 bits per heavy atom. The molecule has 2 aromatic carbocycles. The van der Waals surface area contributed by atoms with E-state index in [1.807, 2.05) is 30.3 Å². The second kappa shape index (κ2) is 7.83. The van der Waals surface area contributed by atoms with Crippen LogP contribution in [-0.4, -0.2) is 37.2 Å². The van der Waals surface area contributed by atoms with Crippen LogP contribution in [0.1, 0.15) is 24.3 Å². The van der Waals surface area contributed by atoms with Crippen molar-refractivity contribution in [2.75, 3.05) is 19.8 Å². The molecule has 3 rings (SSSR count). The van der Waals surface area contributed by atoms with Crippen molar-refractivity contribution in [1.29, 1.82) is 0 Å². The largest absolute Gasteiger partial charge is 0.465 e. The fraction of sp³-hybridized carbons (Fsp3) is 0.389. The molecule has 0 atom stereocenters. The summed E-state index contributed by atoms with van der Waals surface area (Å²) < 4.78 is 11.6. The molecule has 1 heterocycles. The Balaban J connectivity index is 1.59. The predicted molar refractivity (Wildman–Crippen MR) is 92.7 cm³/mol. The van der Waals surface area contributed by atoms with Gasteiger partial charge in [-0.25, -0.2) is 4.79 Å². The molecule has 0 aromatic heterocycles. The Bertz CT molecular complexity index is 713. The Kier molecular flexibility index (Phi) is 5.56. The Morgan fingerprint density at radius 3 is 2.58 bits per heavy atom. The fourth-order valence-corrected chi connectivity index (χ4v) is 3.22. The first-order valence-corrected chi connectivity index (χ1v) is 8.40. The second-order valence-corrected chi connectivity index (χ2v) is 6.26. The molecule has 6 heteroatoms. The average molecular weight is 350 g/mol. The van der Waals surface area contributed by atoms with Gasteiger partial charge in [0.1, 0.15) is 0 Å². The summed E-state index contributed by atoms with van der Waals surface area (Å²) in [7, 11) is 0. The van der Waals surface area contributed by atoms with Crippen LogP contribution in [0.15, 0.2) is 36.4 Å². The van der Waals surface area contributed by atoms with Crippen molar-refractivity contribution in [3.63, 3.8) is 0 Å². The van der Waals surface area contributed by atoms with Crippen LogP contribution in [-0.2, 0) is 9.47 Å². The summed E-state index contributed by atoms with van der Waals surface area (Å²) in [6, 6.07) is 12.0. The molecule has 1 fully saturated rings. The van der Waals surface area contributed by atoms with E-state index in [9.17, 15) is 4.79 Å². The number of nitrogens with one attached hydrogen (secondary N) is 1. The number of benzene rings is 2. The summed E-state index contributed by atoms with van der Waals surface area (Å²) in [5, 5.41) is 13.8. The Hall–Kier alpha value is -1.82. The lowest BCUT2D eigenvalue weighted by atomic mass is 9.94. The third-order valence-electron chi connectivity index (χ3n) is 4.20. The van der Waals surface area contributed by atoms with Crippen LogP contribution in [0.3, 0.4) is 0 Å². The Morgan fingerprint density at radius 1 is 1.17 bits per heavy atom. The van der Waals surface area contributed by atoms with Crippen LogP contribution < -0.4 is 5.32 Å². The van der Waals surface area contributed by atoms with Gasteiger partial charge in [0.15, 0.2) is 6.29 Å². The van der Waals surface area contributed by atoms with Crippen molar-refractivity contribution >= 4 is 28.5 Å². The van der Waals surface area contributed by atoms with Gasteiger partial charge in [0.25, 0.3) is 0 Å². The highest BCUT2D eigenvalue weighted by Crippen LogP contribution is 2.33. The Labute approximate surface area is 145 Å². The zero-order chi connectivity index (χ0) is 16.9. The zero-order valence-corrected chi connectivity index (χ0v) is 14.0. The number of fused-ring (bicyclic) bond motifs is 1. The molecule has 5 nitrogen and oxygen atoms in total. The number of hydrogen-bond acceptors (Lipinski definition) is 3. The highest BCUT2D eigenvalue weighted by molar-refractivity contribution is 6.35. The minimum Gasteiger partial charge on any atom is -0.465 e. The molecule has 1 aliphatic rings. The van der Waals surface area contributed by atoms with Crippen molar-refractivity contribution in [3.8, 4) is 0 Å². The predicted octanol–water partition coefficient (Wildman–Crippen LogP) is 4.00. The van der Waals surface area contributed by atoms with E-state index in [0.717, 1.165) is 15.8 Å². The molecular weight excluding hydrogens is 330 g/mol. The van der Waals surface area contributed by atoms with Crippen molar-refractivity contribution in [2.24, 2.45) is 0 Å². The van der Waals surface area contributed by atoms with Gasteiger partial charge in [-0.05, 0) is 23.4 Å². The van der Waals surface area contributed by atoms with Gasteiger partial charge in [0, 0.05) is 29.3 Å². The minimum atomic E-state index is -1.00. The minimum absolute atomic E-state index is 0.167. The molecular formula is C18H20ClNO4. The number of amides is 1. The first-order valence-electron chi connectivity index (χ1n) is 8.02. The van der Waals surface area contributed by atoms with Crippen molar-refractivity contribution in [3.05, 3.63) is 47.0 Å². The molecule has 128 valence electrons. The first kappa shape index (κ1) is 17.0. The molecule has 0 spiro atoms. The zero-order valence-electron chi connectivity index (χ0n) is 13.2. The molecule has 1 amide bonds. The van der Waals surface area contributed by atoms with Gasteiger partial charge in [0.2, 0.25) is 0 Å². The molecule has 0 unspecified atom stereocenters. The third-order valence-corrected chi connectivity index (χ3v) is 4.53. The third kappa shape index (κ3) is 3.98. The van der Waals surface area contributed by atoms with Crippen LogP contribution in [0.2, 0.25) is 5.02 Å². The monoisotopic (exact) mass is 349 g/mol. The van der Waals surface area contributed by atoms with Gasteiger partial charge in [-0.3, -0.25) is 0 Å². The highest BCUT2D eigenvalue weighted by Gasteiger charge is 2.24. The second-order valence-electron chi connectivity index (χ2n) is 5.85. The molecule has 0 bridgehead atoms.